The van der Waals surface area contributed by atoms with E-state index in [1.54, 1.807) is 0 Å². The lowest BCUT2D eigenvalue weighted by Crippen LogP contribution is -2.42. The van der Waals surface area contributed by atoms with E-state index in [0.29, 0.717) is 0 Å². The lowest BCUT2D eigenvalue weighted by atomic mass is 10.1. The van der Waals surface area contributed by atoms with Gasteiger partial charge in [-0.25, -0.2) is 4.79 Å². The summed E-state index contributed by atoms with van der Waals surface area (Å²) in [5, 5.41) is 23.3. The fourth-order valence-electron chi connectivity index (χ4n) is 1.52. The molecule has 0 saturated heterocycles. The molecule has 1 atom stereocenters. The van der Waals surface area contributed by atoms with E-state index in [4.69, 9.17) is 16.3 Å². The van der Waals surface area contributed by atoms with Gasteiger partial charge in [0, 0.05) is 24.2 Å². The fraction of sp³-hybridized carbons (Fsp3) is 0.500. The first-order chi connectivity index (χ1) is 10.1. The van der Waals surface area contributed by atoms with E-state index in [2.05, 4.69) is 5.32 Å². The molecule has 0 aliphatic heterocycles. The molecule has 0 radical (unpaired) electrons. The Bertz CT molecular complexity index is 557. The molecule has 0 aliphatic rings. The van der Waals surface area contributed by atoms with Gasteiger partial charge in [0.05, 0.1) is 15.5 Å². The average Bonchev–Trinajstić information content (AvgIpc) is 2.41. The second kappa shape index (κ2) is 7.53. The van der Waals surface area contributed by atoms with Crippen molar-refractivity contribution in [3.05, 3.63) is 38.9 Å². The molecular formula is C14H19ClN2O5. The zero-order valence-electron chi connectivity index (χ0n) is 12.6. The normalized spacial score (nSPS) is 12.8. The van der Waals surface area contributed by atoms with E-state index in [-0.39, 0.29) is 35.0 Å². The highest BCUT2D eigenvalue weighted by molar-refractivity contribution is 6.33. The summed E-state index contributed by atoms with van der Waals surface area (Å²) in [6.45, 7) is 5.91. The molecule has 22 heavy (non-hydrogen) atoms. The molecule has 1 unspecified atom stereocenters. The summed E-state index contributed by atoms with van der Waals surface area (Å²) < 4.78 is 4.95. The number of nitro benzene ring substituents is 1. The number of carbonyl (C=O) groups is 1. The van der Waals surface area contributed by atoms with Crippen LogP contribution in [0.4, 0.5) is 5.69 Å². The molecule has 8 heteroatoms. The highest BCUT2D eigenvalue weighted by Crippen LogP contribution is 2.23. The number of ether oxygens (including phenoxy) is 1. The number of nitrogens with one attached hydrogen (secondary N) is 1. The van der Waals surface area contributed by atoms with Gasteiger partial charge in [-0.3, -0.25) is 10.1 Å². The van der Waals surface area contributed by atoms with Crippen LogP contribution in [0, 0.1) is 10.1 Å². The average molecular weight is 331 g/mol. The number of benzene rings is 1. The summed E-state index contributed by atoms with van der Waals surface area (Å²) in [7, 11) is 0. The van der Waals surface area contributed by atoms with Crippen molar-refractivity contribution in [2.24, 2.45) is 0 Å². The number of non-ortho nitro benzene ring substituents is 1. The lowest BCUT2D eigenvalue weighted by molar-refractivity contribution is -0.384. The minimum atomic E-state index is -0.861. The number of rotatable bonds is 6. The third-order valence-electron chi connectivity index (χ3n) is 2.66. The van der Waals surface area contributed by atoms with E-state index in [1.165, 1.54) is 12.1 Å². The number of β-amino-alcohol motifs (C(OH)–C–C–N with tert-alkyl or cyclic N) is 1. The maximum Gasteiger partial charge on any atom is 0.339 e. The van der Waals surface area contributed by atoms with E-state index >= 15 is 0 Å². The van der Waals surface area contributed by atoms with Crippen LogP contribution in [0.3, 0.4) is 0 Å². The molecule has 0 fully saturated rings. The van der Waals surface area contributed by atoms with Crippen LogP contribution in [0.25, 0.3) is 0 Å². The van der Waals surface area contributed by atoms with Gasteiger partial charge < -0.3 is 15.2 Å². The number of nitrogens with zero attached hydrogens (tertiary/aromatic N) is 1. The van der Waals surface area contributed by atoms with Crippen molar-refractivity contribution < 1.29 is 19.6 Å². The molecule has 0 aromatic heterocycles. The maximum atomic E-state index is 11.8. The molecule has 0 heterocycles. The first kappa shape index (κ1) is 18.3. The summed E-state index contributed by atoms with van der Waals surface area (Å²) in [5.41, 5.74) is -0.355. The van der Waals surface area contributed by atoms with Gasteiger partial charge in [-0.05, 0) is 26.8 Å². The van der Waals surface area contributed by atoms with Crippen molar-refractivity contribution in [2.45, 2.75) is 32.4 Å². The Hall–Kier alpha value is -1.70. The van der Waals surface area contributed by atoms with Crippen LogP contribution < -0.4 is 5.32 Å². The topological polar surface area (TPSA) is 102 Å². The van der Waals surface area contributed by atoms with Crippen LogP contribution in [0.2, 0.25) is 5.02 Å². The molecule has 122 valence electrons. The molecule has 0 saturated carbocycles. The largest absolute Gasteiger partial charge is 0.459 e. The Balaban J connectivity index is 2.57. The molecule has 1 aromatic carbocycles. The number of halogens is 1. The van der Waals surface area contributed by atoms with Crippen molar-refractivity contribution in [1.82, 2.24) is 5.32 Å². The number of nitro groups is 1. The Morgan fingerprint density at radius 3 is 2.64 bits per heavy atom. The minimum absolute atomic E-state index is 0.0169. The van der Waals surface area contributed by atoms with E-state index < -0.39 is 17.0 Å². The zero-order valence-corrected chi connectivity index (χ0v) is 13.4. The number of hydrogen-bond acceptors (Lipinski definition) is 6. The minimum Gasteiger partial charge on any atom is -0.459 e. The summed E-state index contributed by atoms with van der Waals surface area (Å²) in [5.74, 6) is -0.741. The predicted molar refractivity (Wildman–Crippen MR) is 82.2 cm³/mol. The Labute approximate surface area is 133 Å². The summed E-state index contributed by atoms with van der Waals surface area (Å²) in [6.07, 6.45) is -0.861. The van der Waals surface area contributed by atoms with Crippen molar-refractivity contribution in [1.29, 1.82) is 0 Å². The molecule has 0 amide bonds. The van der Waals surface area contributed by atoms with Crippen LogP contribution >= 0.6 is 11.6 Å². The smallest absolute Gasteiger partial charge is 0.339 e. The molecule has 0 bridgehead atoms. The number of hydrogen-bond donors (Lipinski definition) is 2. The quantitative estimate of drug-likeness (QED) is 0.471. The van der Waals surface area contributed by atoms with Crippen molar-refractivity contribution in [2.75, 3.05) is 13.2 Å². The first-order valence-corrected chi connectivity index (χ1v) is 7.02. The van der Waals surface area contributed by atoms with Gasteiger partial charge in [-0.15, -0.1) is 0 Å². The maximum absolute atomic E-state index is 11.8. The number of carbonyl (C=O) groups excluding carboxylic acids is 1. The monoisotopic (exact) mass is 330 g/mol. The molecule has 0 spiro atoms. The van der Waals surface area contributed by atoms with Crippen LogP contribution in [0.1, 0.15) is 31.1 Å². The van der Waals surface area contributed by atoms with Crippen LogP contribution in [0.5, 0.6) is 0 Å². The molecule has 2 N–H and O–H groups in total. The summed E-state index contributed by atoms with van der Waals surface area (Å²) in [4.78, 5) is 21.8. The zero-order chi connectivity index (χ0) is 16.9. The molecule has 0 aliphatic carbocycles. The van der Waals surface area contributed by atoms with Gasteiger partial charge in [-0.2, -0.15) is 0 Å². The third kappa shape index (κ3) is 5.97. The number of aliphatic hydroxyl groups is 1. The fourth-order valence-corrected chi connectivity index (χ4v) is 1.77. The molecular weight excluding hydrogens is 312 g/mol. The van der Waals surface area contributed by atoms with Gasteiger partial charge in [0.25, 0.3) is 5.69 Å². The number of esters is 1. The van der Waals surface area contributed by atoms with Crippen molar-refractivity contribution in [3.63, 3.8) is 0 Å². The van der Waals surface area contributed by atoms with Gasteiger partial charge in [0.15, 0.2) is 0 Å². The highest BCUT2D eigenvalue weighted by atomic mass is 35.5. The standard InChI is InChI=1S/C14H19ClN2O5/c1-14(2,3)16-7-10(18)8-22-13(19)11-5-4-9(17(20)21)6-12(11)15/h4-6,10,16,18H,7-8H2,1-3H3. The lowest BCUT2D eigenvalue weighted by Gasteiger charge is -2.22. The van der Waals surface area contributed by atoms with E-state index in [1.807, 2.05) is 20.8 Å². The molecule has 7 nitrogen and oxygen atoms in total. The molecule has 1 aromatic rings. The summed E-state index contributed by atoms with van der Waals surface area (Å²) in [6, 6.07) is 3.47. The van der Waals surface area contributed by atoms with Gasteiger partial charge in [-0.1, -0.05) is 11.6 Å². The Morgan fingerprint density at radius 1 is 1.50 bits per heavy atom. The van der Waals surface area contributed by atoms with Gasteiger partial charge in [0.2, 0.25) is 0 Å². The van der Waals surface area contributed by atoms with Crippen LogP contribution in [-0.2, 0) is 4.74 Å². The third-order valence-corrected chi connectivity index (χ3v) is 2.97. The first-order valence-electron chi connectivity index (χ1n) is 6.64. The van der Waals surface area contributed by atoms with Crippen molar-refractivity contribution in [3.8, 4) is 0 Å². The number of aliphatic hydroxyl groups excluding tert-OH is 1. The van der Waals surface area contributed by atoms with Crippen molar-refractivity contribution >= 4 is 23.3 Å². The highest BCUT2D eigenvalue weighted by Gasteiger charge is 2.18. The SMILES string of the molecule is CC(C)(C)NCC(O)COC(=O)c1ccc([N+](=O)[O-])cc1Cl. The van der Waals surface area contributed by atoms with Gasteiger partial charge in [0.1, 0.15) is 12.7 Å². The Morgan fingerprint density at radius 2 is 2.14 bits per heavy atom. The summed E-state index contributed by atoms with van der Waals surface area (Å²) >= 11 is 5.82. The second-order valence-corrected chi connectivity index (χ2v) is 6.21. The predicted octanol–water partition coefficient (Wildman–Crippen LogP) is 2.15. The van der Waals surface area contributed by atoms with Gasteiger partial charge >= 0.3 is 5.97 Å². The van der Waals surface area contributed by atoms with Crippen LogP contribution in [0.15, 0.2) is 18.2 Å². The second-order valence-electron chi connectivity index (χ2n) is 5.80. The Kier molecular flexibility index (Phi) is 6.28. The van der Waals surface area contributed by atoms with E-state index in [9.17, 15) is 20.0 Å². The molecule has 1 rings (SSSR count). The van der Waals surface area contributed by atoms with E-state index in [0.717, 1.165) is 6.07 Å². The van der Waals surface area contributed by atoms with Crippen LogP contribution in [-0.4, -0.2) is 40.8 Å².